The second-order valence-corrected chi connectivity index (χ2v) is 16.2. The highest BCUT2D eigenvalue weighted by Crippen LogP contribution is 2.64. The third-order valence-corrected chi connectivity index (χ3v) is 13.5. The minimum absolute atomic E-state index is 0.00887. The van der Waals surface area contributed by atoms with Crippen molar-refractivity contribution >= 4 is 73.8 Å². The Labute approximate surface area is 317 Å². The van der Waals surface area contributed by atoms with Crippen LogP contribution in [0, 0.1) is 46.1 Å². The fraction of sp³-hybridized carbons (Fsp3) is 0.275. The Morgan fingerprint density at radius 3 is 2.44 bits per heavy atom. The van der Waals surface area contributed by atoms with E-state index in [1.54, 1.807) is 43.5 Å². The maximum absolute atomic E-state index is 15.0. The maximum Gasteiger partial charge on any atom is 0.269 e. The molecule has 0 spiro atoms. The summed E-state index contributed by atoms with van der Waals surface area (Å²) in [5, 5.41) is 28.3. The molecule has 3 fully saturated rings. The van der Waals surface area contributed by atoms with E-state index in [0.717, 1.165) is 31.0 Å². The first kappa shape index (κ1) is 34.1. The molecule has 6 unspecified atom stereocenters. The number of allylic oxidation sites excluding steroid dienone is 2. The number of imide groups is 2. The lowest BCUT2D eigenvalue weighted by molar-refractivity contribution is -0.384. The number of carbonyl (C=O) groups excluding carboxylic acids is 4. The summed E-state index contributed by atoms with van der Waals surface area (Å²) in [5.74, 6) is -5.06. The van der Waals surface area contributed by atoms with Gasteiger partial charge in [-0.15, -0.1) is 11.3 Å². The van der Waals surface area contributed by atoms with Gasteiger partial charge in [0.2, 0.25) is 23.6 Å². The van der Waals surface area contributed by atoms with Crippen molar-refractivity contribution in [2.45, 2.75) is 32.6 Å². The maximum atomic E-state index is 15.0. The molecule has 0 bridgehead atoms. The van der Waals surface area contributed by atoms with Crippen molar-refractivity contribution in [2.24, 2.45) is 36.1 Å². The van der Waals surface area contributed by atoms with E-state index in [2.05, 4.69) is 0 Å². The number of benzene rings is 3. The summed E-state index contributed by atoms with van der Waals surface area (Å²) in [6, 6.07) is 19.4. The van der Waals surface area contributed by atoms with Gasteiger partial charge in [0.1, 0.15) is 17.3 Å². The molecule has 54 heavy (non-hydrogen) atoms. The van der Waals surface area contributed by atoms with E-state index < -0.39 is 63.6 Å². The van der Waals surface area contributed by atoms with E-state index in [-0.39, 0.29) is 30.0 Å². The molecule has 0 radical (unpaired) electrons. The zero-order valence-electron chi connectivity index (χ0n) is 29.2. The first-order chi connectivity index (χ1) is 25.8. The van der Waals surface area contributed by atoms with Crippen LogP contribution >= 0.6 is 22.9 Å². The Bertz CT molecular complexity index is 2540. The van der Waals surface area contributed by atoms with E-state index in [1.165, 1.54) is 39.9 Å². The van der Waals surface area contributed by atoms with Crippen molar-refractivity contribution in [1.29, 1.82) is 0 Å². The molecule has 1 saturated carbocycles. The van der Waals surface area contributed by atoms with E-state index >= 15 is 4.79 Å². The number of amides is 4. The van der Waals surface area contributed by atoms with Gasteiger partial charge in [0.15, 0.2) is 0 Å². The fourth-order valence-electron chi connectivity index (χ4n) is 9.51. The second kappa shape index (κ2) is 11.9. The van der Waals surface area contributed by atoms with Crippen molar-refractivity contribution in [3.05, 3.63) is 111 Å². The number of nitro groups is 1. The van der Waals surface area contributed by atoms with Crippen LogP contribution < -0.4 is 9.80 Å². The van der Waals surface area contributed by atoms with Crippen molar-refractivity contribution in [3.8, 4) is 16.3 Å². The topological polar surface area (TPSA) is 156 Å². The van der Waals surface area contributed by atoms with Crippen molar-refractivity contribution in [2.75, 3.05) is 9.80 Å². The highest BCUT2D eigenvalue weighted by atomic mass is 35.5. The predicted molar refractivity (Wildman–Crippen MR) is 202 cm³/mol. The monoisotopic (exact) mass is 761 g/mol. The summed E-state index contributed by atoms with van der Waals surface area (Å²) in [6.07, 6.45) is 2.32. The van der Waals surface area contributed by atoms with Gasteiger partial charge < -0.3 is 5.11 Å². The molecule has 5 aromatic rings. The van der Waals surface area contributed by atoms with E-state index in [1.807, 2.05) is 37.3 Å². The zero-order chi connectivity index (χ0) is 38.0. The lowest BCUT2D eigenvalue weighted by Gasteiger charge is -2.49. The molecule has 272 valence electrons. The minimum Gasteiger partial charge on any atom is -0.508 e. The molecule has 3 aromatic carbocycles. The molecule has 2 aliphatic carbocycles. The Balaban J connectivity index is 1.13. The fourth-order valence-corrected chi connectivity index (χ4v) is 10.8. The van der Waals surface area contributed by atoms with Gasteiger partial charge in [0, 0.05) is 40.9 Å². The SMILES string of the molecule is Cc1c(-c2cc(N3C(=O)C4CC5C(=CCC6C(=O)N(c7ccc([N+](=O)[O-])cc7)C(=O)C65)C(c5cccc(O)c5)C4(C)C3=O)n(C)n2)sc2ccc(Cl)cc12. The van der Waals surface area contributed by atoms with Gasteiger partial charge in [-0.1, -0.05) is 35.4 Å². The lowest BCUT2D eigenvalue weighted by atomic mass is 9.51. The largest absolute Gasteiger partial charge is 0.508 e. The molecule has 1 N–H and O–H groups in total. The van der Waals surface area contributed by atoms with Crippen LogP contribution in [0.15, 0.2) is 84.4 Å². The van der Waals surface area contributed by atoms with Crippen LogP contribution in [0.5, 0.6) is 5.75 Å². The van der Waals surface area contributed by atoms with E-state index in [4.69, 9.17) is 16.7 Å². The molecule has 2 aromatic heterocycles. The van der Waals surface area contributed by atoms with Crippen LogP contribution in [0.2, 0.25) is 5.02 Å². The number of non-ortho nitro benzene ring substituents is 1. The van der Waals surface area contributed by atoms with Crippen molar-refractivity contribution in [1.82, 2.24) is 9.78 Å². The average Bonchev–Trinajstić information content (AvgIpc) is 3.81. The molecule has 4 heterocycles. The third kappa shape index (κ3) is 4.70. The summed E-state index contributed by atoms with van der Waals surface area (Å²) in [4.78, 5) is 72.0. The first-order valence-electron chi connectivity index (χ1n) is 17.5. The van der Waals surface area contributed by atoms with Crippen LogP contribution in [-0.2, 0) is 26.2 Å². The molecule has 9 rings (SSSR count). The molecule has 4 amide bonds. The van der Waals surface area contributed by atoms with Gasteiger partial charge in [-0.25, -0.2) is 4.90 Å². The van der Waals surface area contributed by atoms with Crippen LogP contribution in [0.4, 0.5) is 17.2 Å². The smallest absolute Gasteiger partial charge is 0.269 e. The van der Waals surface area contributed by atoms with Gasteiger partial charge in [-0.05, 0) is 91.6 Å². The van der Waals surface area contributed by atoms with Gasteiger partial charge in [0.05, 0.1) is 38.7 Å². The number of hydrogen-bond donors (Lipinski definition) is 1. The van der Waals surface area contributed by atoms with Crippen LogP contribution in [0.3, 0.4) is 0 Å². The number of nitro benzene ring substituents is 1. The normalized spacial score (nSPS) is 26.3. The summed E-state index contributed by atoms with van der Waals surface area (Å²) in [6.45, 7) is 3.78. The lowest BCUT2D eigenvalue weighted by Crippen LogP contribution is -2.48. The van der Waals surface area contributed by atoms with Crippen LogP contribution in [0.1, 0.15) is 36.8 Å². The number of rotatable bonds is 5. The molecule has 2 aliphatic heterocycles. The number of phenolic OH excluding ortho intramolecular Hbond substituents is 1. The molecule has 14 heteroatoms. The summed E-state index contributed by atoms with van der Waals surface area (Å²) < 4.78 is 2.57. The van der Waals surface area contributed by atoms with Gasteiger partial charge >= 0.3 is 0 Å². The molecule has 2 saturated heterocycles. The molecular formula is C40H32ClN5O7S. The Hall–Kier alpha value is -5.66. The molecular weight excluding hydrogens is 730 g/mol. The van der Waals surface area contributed by atoms with Gasteiger partial charge in [0.25, 0.3) is 5.69 Å². The third-order valence-electron chi connectivity index (χ3n) is 12.0. The van der Waals surface area contributed by atoms with Crippen molar-refractivity contribution < 1.29 is 29.2 Å². The quantitative estimate of drug-likeness (QED) is 0.0846. The van der Waals surface area contributed by atoms with Gasteiger partial charge in [-0.3, -0.25) is 38.9 Å². The van der Waals surface area contributed by atoms with E-state index in [0.29, 0.717) is 22.1 Å². The number of halogens is 1. The Morgan fingerprint density at radius 2 is 1.72 bits per heavy atom. The van der Waals surface area contributed by atoms with Crippen LogP contribution in [0.25, 0.3) is 20.7 Å². The Kier molecular flexibility index (Phi) is 7.54. The molecule has 12 nitrogen and oxygen atoms in total. The number of carbonyl (C=O) groups is 4. The molecule has 6 atom stereocenters. The highest BCUT2D eigenvalue weighted by Gasteiger charge is 2.68. The van der Waals surface area contributed by atoms with Crippen molar-refractivity contribution in [3.63, 3.8) is 0 Å². The number of aromatic hydroxyl groups is 1. The average molecular weight is 762 g/mol. The van der Waals surface area contributed by atoms with Crippen LogP contribution in [-0.4, -0.2) is 43.4 Å². The molecule has 4 aliphatic rings. The summed E-state index contributed by atoms with van der Waals surface area (Å²) >= 11 is 7.84. The number of thiophene rings is 1. The number of fused-ring (bicyclic) bond motifs is 5. The first-order valence-corrected chi connectivity index (χ1v) is 18.7. The standard InChI is InChI=1S/C40H32ClN5O7S/c1-19-27-16-21(41)7-14-31(27)54-35(19)30-18-32(43(3)42-30)45-37(49)29-17-28-25(34(40(29,2)39(45)51)20-5-4-6-24(47)15-20)12-13-26-33(28)38(50)44(36(26)48)22-8-10-23(11-9-22)46(52)53/h4-12,14-16,18,26,28-29,33-34,47H,13,17H2,1-3H3. The number of aryl methyl sites for hydroxylation is 2. The zero-order valence-corrected chi connectivity index (χ0v) is 30.8. The predicted octanol–water partition coefficient (Wildman–Crippen LogP) is 7.31. The Morgan fingerprint density at radius 1 is 0.963 bits per heavy atom. The second-order valence-electron chi connectivity index (χ2n) is 14.7. The number of aromatic nitrogens is 2. The number of anilines is 2. The highest BCUT2D eigenvalue weighted by molar-refractivity contribution is 7.22. The van der Waals surface area contributed by atoms with E-state index in [9.17, 15) is 29.6 Å². The minimum atomic E-state index is -1.31. The number of hydrogen-bond acceptors (Lipinski definition) is 9. The van der Waals surface area contributed by atoms with Gasteiger partial charge in [-0.2, -0.15) is 5.10 Å². The number of nitrogens with zero attached hydrogens (tertiary/aromatic N) is 5. The number of phenols is 1. The summed E-state index contributed by atoms with van der Waals surface area (Å²) in [5.41, 5.74) is 1.74. The summed E-state index contributed by atoms with van der Waals surface area (Å²) in [7, 11) is 1.69.